The second kappa shape index (κ2) is 42.5. The third kappa shape index (κ3) is 26.8. The maximum atomic E-state index is 11.9. The molecule has 4 aliphatic heterocycles. The van der Waals surface area contributed by atoms with Gasteiger partial charge in [0, 0.05) is 68.0 Å². The standard InChI is InChI=1S/C22H26O4.C18H18O4.C15H15BrO2.C10H7BrO.C7H12O2.C5H8O.Na.H2O/c1-22(2,3)26-20(23)14-12-16-11-13-19(18-9-5-4-8-17(16)18)25-21-10-6-7-15-24-21;19-17(20)11-9-13-8-10-16(15-6-2-1-5-14(13)15)22-18-7-3-4-12-21-18;16-13-8-9-14(12-6-2-1-5-11(12)13)18-15-7-3-4-10-17-15;11-9-5-6-10(12)8-4-2-1-3-7(8)9;1-3-5-6-9-7(8)4-2;1-2-4-6-5-3-1;;/h4-5,8-9,11-14,21H,6-7,10,15H2,1-3H3;1-2,5-6,8-11,18H,3-4,7,12H2,(H,19,20);1-2,5-6,8-9,15H,3-4,7,10H2;1-6,12H;4H,2-3,5-6H2,1H3;2,4H,1,3,5H2;;1H2/q;;;;;;+1;/p-1/b14-12+;11-9+;;;;;;. The van der Waals surface area contributed by atoms with E-state index in [-0.39, 0.29) is 65.8 Å². The molecule has 0 bridgehead atoms. The number of unbranched alkanes of at least 4 members (excludes halogenated alkanes) is 1. The van der Waals surface area contributed by atoms with Crippen LogP contribution in [0.15, 0.2) is 192 Å². The van der Waals surface area contributed by atoms with Crippen molar-refractivity contribution in [3.63, 3.8) is 0 Å². The number of hydrogen-bond donors (Lipinski definition) is 2. The average Bonchev–Trinajstić information content (AvgIpc) is 0.838. The molecule has 3 fully saturated rings. The van der Waals surface area contributed by atoms with E-state index in [0.717, 1.165) is 172 Å². The monoisotopic (exact) mass is 1430 g/mol. The van der Waals surface area contributed by atoms with Gasteiger partial charge in [-0.05, 0) is 166 Å². The molecule has 0 saturated carbocycles. The van der Waals surface area contributed by atoms with Crippen molar-refractivity contribution in [2.24, 2.45) is 0 Å². The number of carboxylic acid groups (broad SMARTS) is 1. The van der Waals surface area contributed by atoms with E-state index in [0.29, 0.717) is 12.4 Å². The smallest absolute Gasteiger partial charge is 0.870 e. The summed E-state index contributed by atoms with van der Waals surface area (Å²) in [5, 5.41) is 26.4. The Labute approximate surface area is 597 Å². The molecule has 8 aromatic rings. The molecular formula is C77H87Br2NaO15. The molecule has 0 aliphatic carbocycles. The van der Waals surface area contributed by atoms with Gasteiger partial charge in [-0.25, -0.2) is 14.4 Å². The number of aliphatic carboxylic acids is 1. The molecule has 3 unspecified atom stereocenters. The van der Waals surface area contributed by atoms with Crippen molar-refractivity contribution in [3.8, 4) is 23.0 Å². The SMILES string of the molecule is Brc1ccc(OC2CCCCO2)c2ccccc12.C1=COCCC1.C=CC(=O)OCCCC.CC(C)(C)OC(=O)/C=C/c1ccc(OC2CCCCO2)c2ccccc12.O=C(O)/C=C/c1ccc(OC2CCCCO2)c2ccccc12.Oc1ccc(Br)c2ccccc12.[Na+].[OH-]. The topological polar surface area (TPSA) is 205 Å². The third-order valence-corrected chi connectivity index (χ3v) is 16.0. The molecule has 8 aromatic carbocycles. The van der Waals surface area contributed by atoms with E-state index in [1.807, 2.05) is 161 Å². The summed E-state index contributed by atoms with van der Waals surface area (Å²) >= 11 is 6.99. The fourth-order valence-electron chi connectivity index (χ4n) is 10.0. The Morgan fingerprint density at radius 2 is 0.968 bits per heavy atom. The minimum atomic E-state index is -0.958. The average molecular weight is 1440 g/mol. The Balaban J connectivity index is 0.000000216. The van der Waals surface area contributed by atoms with Crippen LogP contribution >= 0.6 is 31.9 Å². The molecule has 0 amide bonds. The molecular weight excluding hydrogens is 1350 g/mol. The first kappa shape index (κ1) is 78.7. The van der Waals surface area contributed by atoms with Crippen LogP contribution in [0.1, 0.15) is 122 Å². The van der Waals surface area contributed by atoms with Crippen molar-refractivity contribution in [3.05, 3.63) is 203 Å². The van der Waals surface area contributed by atoms with Gasteiger partial charge in [0.15, 0.2) is 18.9 Å². The number of aromatic hydroxyl groups is 1. The fraction of sp³-hybridized carbons (Fsp3) is 0.338. The second-order valence-corrected chi connectivity index (χ2v) is 24.7. The molecule has 0 spiro atoms. The zero-order chi connectivity index (χ0) is 66.2. The van der Waals surface area contributed by atoms with Gasteiger partial charge in [-0.3, -0.25) is 0 Å². The summed E-state index contributed by atoms with van der Waals surface area (Å²) in [5.74, 6) is 1.17. The summed E-state index contributed by atoms with van der Waals surface area (Å²) < 4.78 is 52.0. The largest absolute Gasteiger partial charge is 1.00 e. The van der Waals surface area contributed by atoms with E-state index in [1.54, 1.807) is 24.5 Å². The molecule has 18 heteroatoms. The van der Waals surface area contributed by atoms with Gasteiger partial charge in [-0.1, -0.05) is 161 Å². The minimum Gasteiger partial charge on any atom is -0.870 e. The van der Waals surface area contributed by atoms with Gasteiger partial charge in [-0.2, -0.15) is 0 Å². The third-order valence-electron chi connectivity index (χ3n) is 14.6. The van der Waals surface area contributed by atoms with Gasteiger partial charge in [0.05, 0.1) is 39.3 Å². The number of carbonyl (C=O) groups is 3. The Morgan fingerprint density at radius 3 is 1.35 bits per heavy atom. The van der Waals surface area contributed by atoms with Gasteiger partial charge < -0.3 is 58.3 Å². The molecule has 0 aromatic heterocycles. The van der Waals surface area contributed by atoms with E-state index in [1.165, 1.54) is 36.8 Å². The van der Waals surface area contributed by atoms with E-state index >= 15 is 0 Å². The molecule has 12 rings (SSSR count). The number of phenolic OH excluding ortho intramolecular Hbond substituents is 1. The zero-order valence-corrected chi connectivity index (χ0v) is 60.2. The van der Waals surface area contributed by atoms with Crippen molar-refractivity contribution < 1.29 is 102 Å². The van der Waals surface area contributed by atoms with Crippen molar-refractivity contribution in [1.29, 1.82) is 0 Å². The van der Waals surface area contributed by atoms with Crippen LogP contribution < -0.4 is 43.8 Å². The number of phenols is 1. The van der Waals surface area contributed by atoms with E-state index in [9.17, 15) is 19.5 Å². The first-order valence-electron chi connectivity index (χ1n) is 31.9. The Bertz CT molecular complexity index is 3720. The van der Waals surface area contributed by atoms with E-state index < -0.39 is 11.6 Å². The summed E-state index contributed by atoms with van der Waals surface area (Å²) in [4.78, 5) is 33.0. The maximum Gasteiger partial charge on any atom is 1.00 e. The molecule has 0 radical (unpaired) electrons. The Kier molecular flexibility index (Phi) is 35.2. The minimum absolute atomic E-state index is 0. The number of hydrogen-bond acceptors (Lipinski definition) is 14. The van der Waals surface area contributed by atoms with E-state index in [2.05, 4.69) is 55.3 Å². The van der Waals surface area contributed by atoms with Crippen molar-refractivity contribution >= 4 is 105 Å². The van der Waals surface area contributed by atoms with E-state index in [4.69, 9.17) is 43.0 Å². The molecule has 3 N–H and O–H groups in total. The number of carbonyl (C=O) groups excluding carboxylic acids is 2. The number of ether oxygens (including phenoxy) is 9. The van der Waals surface area contributed by atoms with Crippen LogP contribution in [-0.2, 0) is 42.8 Å². The Hall–Kier alpha value is -7.03. The van der Waals surface area contributed by atoms with Crippen LogP contribution in [0.4, 0.5) is 0 Å². The number of fused-ring (bicyclic) bond motifs is 4. The van der Waals surface area contributed by atoms with Crippen molar-refractivity contribution in [2.75, 3.05) is 33.0 Å². The number of rotatable bonds is 14. The van der Waals surface area contributed by atoms with Crippen LogP contribution in [0.5, 0.6) is 23.0 Å². The number of benzene rings is 8. The second-order valence-electron chi connectivity index (χ2n) is 23.0. The van der Waals surface area contributed by atoms with Gasteiger partial charge in [-0.15, -0.1) is 0 Å². The summed E-state index contributed by atoms with van der Waals surface area (Å²) in [5.41, 5.74) is 1.31. The quantitative estimate of drug-likeness (QED) is 0.0450. The van der Waals surface area contributed by atoms with Crippen molar-refractivity contribution in [2.45, 2.75) is 136 Å². The van der Waals surface area contributed by atoms with Crippen LogP contribution in [0.2, 0.25) is 0 Å². The molecule has 15 nitrogen and oxygen atoms in total. The summed E-state index contributed by atoms with van der Waals surface area (Å²) in [6.07, 6.45) is 24.4. The molecule has 4 heterocycles. The first-order chi connectivity index (χ1) is 45.1. The van der Waals surface area contributed by atoms with Gasteiger partial charge in [0.25, 0.3) is 0 Å². The number of carboxylic acids is 1. The first-order valence-corrected chi connectivity index (χ1v) is 33.5. The van der Waals surface area contributed by atoms with Crippen LogP contribution in [0.25, 0.3) is 55.2 Å². The van der Waals surface area contributed by atoms with Gasteiger partial charge in [0.2, 0.25) is 0 Å². The van der Waals surface area contributed by atoms with Gasteiger partial charge in [0.1, 0.15) is 28.6 Å². The molecule has 500 valence electrons. The number of allylic oxidation sites excluding steroid dienone is 1. The zero-order valence-electron chi connectivity index (χ0n) is 55.1. The molecule has 95 heavy (non-hydrogen) atoms. The fourth-order valence-corrected chi connectivity index (χ4v) is 11.0. The summed E-state index contributed by atoms with van der Waals surface area (Å²) in [6, 6.07) is 47.0. The van der Waals surface area contributed by atoms with Crippen LogP contribution in [0.3, 0.4) is 0 Å². The van der Waals surface area contributed by atoms with Gasteiger partial charge >= 0.3 is 47.5 Å². The molecule has 3 atom stereocenters. The predicted octanol–water partition coefficient (Wildman–Crippen LogP) is 16.4. The van der Waals surface area contributed by atoms with Crippen LogP contribution in [0, 0.1) is 0 Å². The number of halogens is 2. The maximum absolute atomic E-state index is 11.9. The normalized spacial score (nSPS) is 16.5. The number of esters is 2. The summed E-state index contributed by atoms with van der Waals surface area (Å²) in [7, 11) is 0. The van der Waals surface area contributed by atoms with Crippen LogP contribution in [-0.4, -0.2) is 91.1 Å². The summed E-state index contributed by atoms with van der Waals surface area (Å²) in [6.45, 7) is 14.6. The molecule has 3 saturated heterocycles. The Morgan fingerprint density at radius 1 is 0.547 bits per heavy atom. The van der Waals surface area contributed by atoms with Crippen molar-refractivity contribution in [1.82, 2.24) is 0 Å². The predicted molar refractivity (Wildman–Crippen MR) is 379 cm³/mol. The molecule has 4 aliphatic rings.